The molecule has 2 aromatic carbocycles. The first-order valence-corrected chi connectivity index (χ1v) is 20.6. The average molecular weight is 803 g/mol. The molecule has 2 fully saturated rings. The number of nitrogens with zero attached hydrogens (tertiary/aromatic N) is 4. The number of carbonyl (C=O) groups is 2. The highest BCUT2D eigenvalue weighted by Gasteiger charge is 2.25. The quantitative estimate of drug-likeness (QED) is 0.111. The van der Waals surface area contributed by atoms with Crippen molar-refractivity contribution in [2.75, 3.05) is 18.4 Å². The summed E-state index contributed by atoms with van der Waals surface area (Å²) >= 11 is 0. The van der Waals surface area contributed by atoms with E-state index in [4.69, 9.17) is 20.8 Å². The Morgan fingerprint density at radius 2 is 1.24 bits per heavy atom. The van der Waals surface area contributed by atoms with E-state index in [0.717, 1.165) is 121 Å². The molecule has 6 heterocycles. The number of nitrogens with two attached hydrogens (primary N) is 1. The number of aromatic nitrogens is 6. The monoisotopic (exact) mass is 802 g/mol. The summed E-state index contributed by atoms with van der Waals surface area (Å²) in [5.41, 5.74) is 16.0. The second-order valence-electron chi connectivity index (χ2n) is 16.0. The maximum atomic E-state index is 13.8. The summed E-state index contributed by atoms with van der Waals surface area (Å²) in [6.07, 6.45) is 8.79. The smallest absolute Gasteiger partial charge is 0.253 e. The number of fused-ring (bicyclic) bond motifs is 4. The summed E-state index contributed by atoms with van der Waals surface area (Å²) in [6, 6.07) is 15.6. The summed E-state index contributed by atoms with van der Waals surface area (Å²) in [6.45, 7) is 4.82. The number of amides is 2. The van der Waals surface area contributed by atoms with E-state index in [1.165, 1.54) is 0 Å². The van der Waals surface area contributed by atoms with Crippen LogP contribution in [0.5, 0.6) is 0 Å². The van der Waals surface area contributed by atoms with Gasteiger partial charge in [0, 0.05) is 71.9 Å². The molecule has 6 aromatic rings. The molecule has 4 unspecified atom stereocenters. The molecule has 0 spiro atoms. The van der Waals surface area contributed by atoms with Gasteiger partial charge in [-0.2, -0.15) is 4.39 Å². The van der Waals surface area contributed by atoms with Crippen molar-refractivity contribution in [2.24, 2.45) is 5.73 Å². The lowest BCUT2D eigenvalue weighted by atomic mass is 9.93. The standard InChI is InChI=1S/C22H25N5O2.C16H13FN4O.C6H13NO/c1-12-21(25-13-4-2-5-14(28)10-13)27-20-15(6-3-7-18(20)24-12)19-11-16-17(26-19)8-9-23-22(16)29;1-8-15(17)21-14-9(3-2-4-12(14)19-8)13-7-10-11(20-13)5-6-18-16(10)22;7-5-2-1-3-6(8)4-5/h3,6-7,11,13-14,26,28H,2,4-5,8-10H2,1H3,(H,23,29)(H,25,27);2-4,7,20H,5-6H2,1H3,(H,18,22);5-6,8H,1-4,7H2. The van der Waals surface area contributed by atoms with E-state index in [2.05, 4.69) is 35.9 Å². The average Bonchev–Trinajstić information content (AvgIpc) is 3.86. The molecule has 10 rings (SSSR count). The van der Waals surface area contributed by atoms with Gasteiger partial charge in [-0.3, -0.25) is 9.59 Å². The van der Waals surface area contributed by atoms with Crippen LogP contribution in [-0.4, -0.2) is 89.3 Å². The van der Waals surface area contributed by atoms with E-state index in [-0.39, 0.29) is 41.8 Å². The highest BCUT2D eigenvalue weighted by atomic mass is 19.1. The Labute approximate surface area is 341 Å². The number of H-pyrrole nitrogens is 2. The van der Waals surface area contributed by atoms with E-state index in [1.54, 1.807) is 19.1 Å². The maximum absolute atomic E-state index is 13.8. The molecule has 2 amide bonds. The fourth-order valence-corrected chi connectivity index (χ4v) is 8.45. The van der Waals surface area contributed by atoms with Crippen molar-refractivity contribution < 1.29 is 24.2 Å². The molecule has 0 saturated heterocycles. The molecule has 4 aliphatic rings. The predicted molar refractivity (Wildman–Crippen MR) is 224 cm³/mol. The summed E-state index contributed by atoms with van der Waals surface area (Å²) in [5, 5.41) is 28.2. The lowest BCUT2D eigenvalue weighted by Gasteiger charge is -2.27. The minimum atomic E-state index is -0.575. The zero-order valence-electron chi connectivity index (χ0n) is 33.4. The number of nitrogens with one attached hydrogen (secondary N) is 5. The molecular formula is C44H51FN10O4. The van der Waals surface area contributed by atoms with Crippen LogP contribution in [0, 0.1) is 19.8 Å². The number of benzene rings is 2. The van der Waals surface area contributed by atoms with Gasteiger partial charge in [-0.1, -0.05) is 24.3 Å². The molecule has 0 bridgehead atoms. The first-order valence-electron chi connectivity index (χ1n) is 20.6. The number of carbonyl (C=O) groups excluding carboxylic acids is 2. The molecule has 4 aromatic heterocycles. The predicted octanol–water partition coefficient (Wildman–Crippen LogP) is 5.54. The second kappa shape index (κ2) is 17.2. The topological polar surface area (TPSA) is 220 Å². The minimum Gasteiger partial charge on any atom is -0.393 e. The molecule has 14 nitrogen and oxygen atoms in total. The molecule has 308 valence electrons. The molecule has 2 aliphatic carbocycles. The van der Waals surface area contributed by atoms with Gasteiger partial charge in [0.05, 0.1) is 45.8 Å². The van der Waals surface area contributed by atoms with Gasteiger partial charge in [0.25, 0.3) is 11.8 Å². The number of anilines is 1. The first-order chi connectivity index (χ1) is 28.5. The summed E-state index contributed by atoms with van der Waals surface area (Å²) < 4.78 is 13.8. The molecule has 9 N–H and O–H groups in total. The maximum Gasteiger partial charge on any atom is 0.253 e. The van der Waals surface area contributed by atoms with Gasteiger partial charge in [-0.25, -0.2) is 19.9 Å². The Bertz CT molecular complexity index is 2510. The minimum absolute atomic E-state index is 0.0332. The van der Waals surface area contributed by atoms with Crippen LogP contribution in [-0.2, 0) is 12.8 Å². The van der Waals surface area contributed by atoms with E-state index in [1.807, 2.05) is 43.3 Å². The number of hydrogen-bond acceptors (Lipinski definition) is 10. The molecule has 15 heteroatoms. The third-order valence-corrected chi connectivity index (χ3v) is 11.5. The highest BCUT2D eigenvalue weighted by Crippen LogP contribution is 2.32. The van der Waals surface area contributed by atoms with Crippen LogP contribution in [0.25, 0.3) is 44.6 Å². The molecule has 2 saturated carbocycles. The fourth-order valence-electron chi connectivity index (χ4n) is 8.45. The van der Waals surface area contributed by atoms with Gasteiger partial charge in [0.15, 0.2) is 0 Å². The molecule has 4 atom stereocenters. The number of aliphatic hydroxyl groups excluding tert-OH is 2. The number of para-hydroxylation sites is 2. The molecular weight excluding hydrogens is 752 g/mol. The zero-order valence-corrected chi connectivity index (χ0v) is 33.4. The van der Waals surface area contributed by atoms with Crippen molar-refractivity contribution in [2.45, 2.75) is 102 Å². The molecule has 2 aliphatic heterocycles. The zero-order chi connectivity index (χ0) is 41.2. The lowest BCUT2D eigenvalue weighted by molar-refractivity contribution is 0.0937. The van der Waals surface area contributed by atoms with Crippen LogP contribution in [0.15, 0.2) is 48.5 Å². The van der Waals surface area contributed by atoms with Crippen molar-refractivity contribution in [1.29, 1.82) is 0 Å². The Hall–Kier alpha value is -5.77. The van der Waals surface area contributed by atoms with Crippen LogP contribution in [0.2, 0.25) is 0 Å². The highest BCUT2D eigenvalue weighted by molar-refractivity contribution is 6.00. The van der Waals surface area contributed by atoms with Crippen LogP contribution in [0.4, 0.5) is 10.2 Å². The third-order valence-electron chi connectivity index (χ3n) is 11.5. The third kappa shape index (κ3) is 8.82. The van der Waals surface area contributed by atoms with Crippen molar-refractivity contribution in [1.82, 2.24) is 40.5 Å². The SMILES string of the molecule is Cc1nc2cccc(-c3cc4c([nH]3)CCNC4=O)c2nc1F.Cc1nc2cccc(-c3cc4c([nH]3)CCNC4=O)c2nc1NC1CCCC(O)C1.NC1CCCC(O)C1. The fraction of sp³-hybridized carbons (Fsp3) is 0.409. The van der Waals surface area contributed by atoms with E-state index >= 15 is 0 Å². The van der Waals surface area contributed by atoms with Gasteiger partial charge in [0.1, 0.15) is 16.9 Å². The first kappa shape index (κ1) is 40.0. The summed E-state index contributed by atoms with van der Waals surface area (Å²) in [7, 11) is 0. The largest absolute Gasteiger partial charge is 0.393 e. The molecule has 0 radical (unpaired) electrons. The van der Waals surface area contributed by atoms with Crippen LogP contribution >= 0.6 is 0 Å². The van der Waals surface area contributed by atoms with Crippen LogP contribution < -0.4 is 21.7 Å². The van der Waals surface area contributed by atoms with Crippen molar-refractivity contribution in [3.63, 3.8) is 0 Å². The Balaban J connectivity index is 0.000000142. The van der Waals surface area contributed by atoms with Crippen molar-refractivity contribution in [3.05, 3.63) is 88.4 Å². The van der Waals surface area contributed by atoms with Gasteiger partial charge in [-0.15, -0.1) is 0 Å². The number of aliphatic hydroxyl groups is 2. The van der Waals surface area contributed by atoms with E-state index < -0.39 is 5.95 Å². The van der Waals surface area contributed by atoms with Gasteiger partial charge in [-0.05, 0) is 89.5 Å². The Morgan fingerprint density at radius 3 is 1.76 bits per heavy atom. The van der Waals surface area contributed by atoms with Gasteiger partial charge >= 0.3 is 0 Å². The summed E-state index contributed by atoms with van der Waals surface area (Å²) in [5.74, 6) is 0.0679. The van der Waals surface area contributed by atoms with Gasteiger partial charge < -0.3 is 41.9 Å². The van der Waals surface area contributed by atoms with Crippen molar-refractivity contribution in [3.8, 4) is 22.5 Å². The number of aryl methyl sites for hydroxylation is 2. The van der Waals surface area contributed by atoms with Crippen LogP contribution in [0.1, 0.15) is 94.9 Å². The van der Waals surface area contributed by atoms with E-state index in [0.29, 0.717) is 35.2 Å². The normalized spacial score (nSPS) is 21.3. The van der Waals surface area contributed by atoms with Crippen molar-refractivity contribution >= 4 is 39.7 Å². The Morgan fingerprint density at radius 1 is 0.695 bits per heavy atom. The summed E-state index contributed by atoms with van der Waals surface area (Å²) in [4.78, 5) is 48.6. The van der Waals surface area contributed by atoms with E-state index in [9.17, 15) is 19.1 Å². The second-order valence-corrected chi connectivity index (χ2v) is 16.0. The Kier molecular flexibility index (Phi) is 11.7. The van der Waals surface area contributed by atoms with Crippen LogP contribution in [0.3, 0.4) is 0 Å². The number of hydrogen-bond donors (Lipinski definition) is 8. The number of aromatic amines is 2. The molecule has 59 heavy (non-hydrogen) atoms. The van der Waals surface area contributed by atoms with Gasteiger partial charge in [0.2, 0.25) is 5.95 Å². The number of halogens is 1. The number of rotatable bonds is 4. The lowest BCUT2D eigenvalue weighted by Crippen LogP contribution is -2.31.